The quantitative estimate of drug-likeness (QED) is 0.285. The van der Waals surface area contributed by atoms with Crippen molar-refractivity contribution in [1.82, 2.24) is 5.32 Å². The molecule has 4 aromatic carbocycles. The number of alkyl carbamates (subject to hydrolysis) is 1. The summed E-state index contributed by atoms with van der Waals surface area (Å²) in [6, 6.07) is 29.6. The highest BCUT2D eigenvalue weighted by Crippen LogP contribution is 2.65. The van der Waals surface area contributed by atoms with Crippen molar-refractivity contribution in [3.8, 4) is 0 Å². The smallest absolute Gasteiger partial charge is 0.408 e. The molecule has 0 unspecified atom stereocenters. The SMILES string of the molecule is C[C@@H](NC(=O)O[C@@H](c1c2ccccc2cc2ccccc12)C12CC3CC(CC(C3)C1)C2)c1ccccc1. The predicted octanol–water partition coefficient (Wildman–Crippen LogP) is 8.74. The van der Waals surface area contributed by atoms with Crippen LogP contribution in [0.5, 0.6) is 0 Å². The van der Waals surface area contributed by atoms with Crippen molar-refractivity contribution in [2.24, 2.45) is 23.2 Å². The lowest BCUT2D eigenvalue weighted by Gasteiger charge is -2.59. The van der Waals surface area contributed by atoms with E-state index >= 15 is 0 Å². The third-order valence-corrected chi connectivity index (χ3v) is 9.58. The van der Waals surface area contributed by atoms with Crippen LogP contribution < -0.4 is 5.32 Å². The number of carbonyl (C=O) groups is 1. The number of benzene rings is 4. The van der Waals surface area contributed by atoms with Gasteiger partial charge in [-0.1, -0.05) is 78.9 Å². The standard InChI is InChI=1S/C34H35NO2/c1-22(26-9-3-2-4-10-26)35-33(36)37-32(34-19-23-15-24(20-34)17-25(16-23)21-34)31-29-13-7-5-11-27(29)18-28-12-6-8-14-30(28)31/h2-14,18,22-25,32H,15-17,19-21H2,1H3,(H,35,36)/t22-,23?,24?,25?,32+,34?/m1/s1. The number of hydrogen-bond acceptors (Lipinski definition) is 2. The minimum atomic E-state index is -0.311. The van der Waals surface area contributed by atoms with Crippen molar-refractivity contribution >= 4 is 27.6 Å². The minimum absolute atomic E-state index is 0.00890. The van der Waals surface area contributed by atoms with Crippen molar-refractivity contribution in [1.29, 1.82) is 0 Å². The molecule has 0 spiro atoms. The Morgan fingerprint density at radius 3 is 1.86 bits per heavy atom. The van der Waals surface area contributed by atoms with E-state index in [1.165, 1.54) is 65.6 Å². The van der Waals surface area contributed by atoms with Gasteiger partial charge in [-0.2, -0.15) is 0 Å². The highest BCUT2D eigenvalue weighted by Gasteiger charge is 2.56. The molecule has 4 bridgehead atoms. The number of hydrogen-bond donors (Lipinski definition) is 1. The molecule has 4 saturated carbocycles. The van der Waals surface area contributed by atoms with Crippen molar-refractivity contribution < 1.29 is 9.53 Å². The van der Waals surface area contributed by atoms with E-state index in [-0.39, 0.29) is 23.7 Å². The summed E-state index contributed by atoms with van der Waals surface area (Å²) in [6.07, 6.45) is 7.01. The Bertz CT molecular complexity index is 1370. The zero-order chi connectivity index (χ0) is 25.0. The van der Waals surface area contributed by atoms with E-state index in [4.69, 9.17) is 4.74 Å². The maximum atomic E-state index is 13.6. The zero-order valence-corrected chi connectivity index (χ0v) is 21.5. The first-order chi connectivity index (χ1) is 18.1. The number of ether oxygens (including phenoxy) is 1. The molecule has 1 N–H and O–H groups in total. The molecule has 4 fully saturated rings. The van der Waals surface area contributed by atoms with Gasteiger partial charge in [-0.05, 0) is 96.4 Å². The molecule has 4 aliphatic rings. The molecule has 0 heterocycles. The third kappa shape index (κ3) is 4.00. The van der Waals surface area contributed by atoms with Crippen molar-refractivity contribution in [3.63, 3.8) is 0 Å². The summed E-state index contributed by atoms with van der Waals surface area (Å²) in [5.74, 6) is 2.31. The molecule has 0 radical (unpaired) electrons. The second-order valence-corrected chi connectivity index (χ2v) is 12.1. The second kappa shape index (κ2) is 8.90. The van der Waals surface area contributed by atoms with Gasteiger partial charge >= 0.3 is 6.09 Å². The first-order valence-electron chi connectivity index (χ1n) is 14.0. The van der Waals surface area contributed by atoms with E-state index in [1.807, 2.05) is 25.1 Å². The summed E-state index contributed by atoms with van der Waals surface area (Å²) in [7, 11) is 0. The molecule has 0 saturated heterocycles. The normalized spacial score (nSPS) is 27.8. The number of rotatable bonds is 5. The third-order valence-electron chi connectivity index (χ3n) is 9.58. The number of fused-ring (bicyclic) bond motifs is 2. The fourth-order valence-electron chi connectivity index (χ4n) is 8.46. The first kappa shape index (κ1) is 22.8. The maximum absolute atomic E-state index is 13.6. The molecule has 1 amide bonds. The molecule has 4 aromatic rings. The van der Waals surface area contributed by atoms with Crippen LogP contribution in [0, 0.1) is 23.2 Å². The van der Waals surface area contributed by atoms with E-state index in [0.29, 0.717) is 0 Å². The summed E-state index contributed by atoms with van der Waals surface area (Å²) in [4.78, 5) is 13.6. The molecule has 3 heteroatoms. The molecule has 0 aromatic heterocycles. The largest absolute Gasteiger partial charge is 0.441 e. The van der Waals surface area contributed by atoms with Gasteiger partial charge in [0.2, 0.25) is 0 Å². The van der Waals surface area contributed by atoms with Crippen LogP contribution in [0.25, 0.3) is 21.5 Å². The Balaban J connectivity index is 1.35. The van der Waals surface area contributed by atoms with Crippen molar-refractivity contribution in [3.05, 3.63) is 96.1 Å². The van der Waals surface area contributed by atoms with Gasteiger partial charge in [0.1, 0.15) is 6.10 Å². The molecule has 188 valence electrons. The second-order valence-electron chi connectivity index (χ2n) is 12.1. The average molecular weight is 490 g/mol. The Morgan fingerprint density at radius 2 is 1.30 bits per heavy atom. The van der Waals surface area contributed by atoms with Crippen LogP contribution in [0.15, 0.2) is 84.9 Å². The molecule has 2 atom stereocenters. The topological polar surface area (TPSA) is 38.3 Å². The predicted molar refractivity (Wildman–Crippen MR) is 149 cm³/mol. The molecule has 8 rings (SSSR count). The van der Waals surface area contributed by atoms with Gasteiger partial charge in [-0.15, -0.1) is 0 Å². The lowest BCUT2D eigenvalue weighted by molar-refractivity contribution is -0.123. The molecular weight excluding hydrogens is 454 g/mol. The fraction of sp³-hybridized carbons (Fsp3) is 0.382. The summed E-state index contributed by atoms with van der Waals surface area (Å²) < 4.78 is 6.68. The van der Waals surface area contributed by atoms with Crippen LogP contribution in [0.1, 0.15) is 68.7 Å². The minimum Gasteiger partial charge on any atom is -0.441 e. The Labute approximate surface area is 219 Å². The zero-order valence-electron chi connectivity index (χ0n) is 21.5. The maximum Gasteiger partial charge on any atom is 0.408 e. The summed E-state index contributed by atoms with van der Waals surface area (Å²) in [5, 5.41) is 8.02. The summed E-state index contributed by atoms with van der Waals surface area (Å²) in [5.41, 5.74) is 2.30. The fourth-order valence-corrected chi connectivity index (χ4v) is 8.46. The highest BCUT2D eigenvalue weighted by atomic mass is 16.6. The van der Waals surface area contributed by atoms with Gasteiger partial charge in [0.15, 0.2) is 0 Å². The number of carbonyl (C=O) groups excluding carboxylic acids is 1. The van der Waals surface area contributed by atoms with Crippen molar-refractivity contribution in [2.45, 2.75) is 57.6 Å². The van der Waals surface area contributed by atoms with Gasteiger partial charge in [0, 0.05) is 11.0 Å². The Kier molecular flexibility index (Phi) is 5.49. The van der Waals surface area contributed by atoms with Gasteiger partial charge in [-0.3, -0.25) is 0 Å². The molecular formula is C34H35NO2. The van der Waals surface area contributed by atoms with E-state index < -0.39 is 0 Å². The van der Waals surface area contributed by atoms with Gasteiger partial charge in [0.05, 0.1) is 6.04 Å². The van der Waals surface area contributed by atoms with Gasteiger partial charge in [-0.25, -0.2) is 4.79 Å². The van der Waals surface area contributed by atoms with Gasteiger partial charge < -0.3 is 10.1 Å². The van der Waals surface area contributed by atoms with Gasteiger partial charge in [0.25, 0.3) is 0 Å². The lowest BCUT2D eigenvalue weighted by Crippen LogP contribution is -2.50. The van der Waals surface area contributed by atoms with E-state index in [2.05, 4.69) is 72.0 Å². The lowest BCUT2D eigenvalue weighted by atomic mass is 9.47. The van der Waals surface area contributed by atoms with E-state index in [9.17, 15) is 4.79 Å². The van der Waals surface area contributed by atoms with E-state index in [0.717, 1.165) is 23.3 Å². The summed E-state index contributed by atoms with van der Waals surface area (Å²) in [6.45, 7) is 2.03. The molecule has 37 heavy (non-hydrogen) atoms. The van der Waals surface area contributed by atoms with Crippen LogP contribution in [0.4, 0.5) is 4.79 Å². The van der Waals surface area contributed by atoms with Crippen LogP contribution in [-0.2, 0) is 4.74 Å². The number of nitrogens with one attached hydrogen (secondary N) is 1. The number of amides is 1. The monoisotopic (exact) mass is 489 g/mol. The van der Waals surface area contributed by atoms with Crippen LogP contribution in [0.3, 0.4) is 0 Å². The molecule has 4 aliphatic carbocycles. The Morgan fingerprint density at radius 1 is 0.784 bits per heavy atom. The molecule has 0 aliphatic heterocycles. The van der Waals surface area contributed by atoms with Crippen LogP contribution >= 0.6 is 0 Å². The highest BCUT2D eigenvalue weighted by molar-refractivity contribution is 6.02. The Hall–Kier alpha value is -3.33. The average Bonchev–Trinajstić information content (AvgIpc) is 2.90. The van der Waals surface area contributed by atoms with E-state index in [1.54, 1.807) is 0 Å². The molecule has 3 nitrogen and oxygen atoms in total. The van der Waals surface area contributed by atoms with Crippen LogP contribution in [-0.4, -0.2) is 6.09 Å². The van der Waals surface area contributed by atoms with Crippen LogP contribution in [0.2, 0.25) is 0 Å². The first-order valence-corrected chi connectivity index (χ1v) is 14.0. The summed E-state index contributed by atoms with van der Waals surface area (Å²) >= 11 is 0. The van der Waals surface area contributed by atoms with Crippen molar-refractivity contribution in [2.75, 3.05) is 0 Å².